The second-order valence-corrected chi connectivity index (χ2v) is 17.8. The Kier molecular flexibility index (Phi) is 21.4. The van der Waals surface area contributed by atoms with Crippen molar-refractivity contribution in [3.8, 4) is 0 Å². The number of phosphoric acid groups is 2. The van der Waals surface area contributed by atoms with Crippen LogP contribution in [0.4, 0.5) is 0 Å². The summed E-state index contributed by atoms with van der Waals surface area (Å²) in [7, 11) is 13.5. The summed E-state index contributed by atoms with van der Waals surface area (Å²) in [6, 6.07) is -2.35. The van der Waals surface area contributed by atoms with E-state index in [1.54, 1.807) is 13.8 Å². The Labute approximate surface area is 341 Å². The zero-order valence-electron chi connectivity index (χ0n) is 33.8. The van der Waals surface area contributed by atoms with Crippen LogP contribution >= 0.6 is 15.6 Å². The molecule has 0 amide bonds. The fraction of sp³-hybridized carbons (Fsp3) is 1.00. The average Bonchev–Trinajstić information content (AvgIpc) is 3.80. The summed E-state index contributed by atoms with van der Waals surface area (Å²) in [6.07, 6.45) is -2.21. The van der Waals surface area contributed by atoms with Crippen LogP contribution in [0, 0.1) is 0 Å². The second-order valence-electron chi connectivity index (χ2n) is 15.2. The van der Waals surface area contributed by atoms with Crippen molar-refractivity contribution in [2.75, 3.05) is 26.4 Å². The van der Waals surface area contributed by atoms with E-state index >= 15 is 0 Å². The summed E-state index contributed by atoms with van der Waals surface area (Å²) < 4.78 is 86.2. The number of fused-ring (bicyclic) bond motifs is 1. The van der Waals surface area contributed by atoms with E-state index in [2.05, 4.69) is 0 Å². The molecule has 0 aromatic heterocycles. The van der Waals surface area contributed by atoms with Crippen LogP contribution in [0.2, 0.25) is 0 Å². The zero-order valence-corrected chi connectivity index (χ0v) is 35.6. The first-order valence-corrected chi connectivity index (χ1v) is 21.7. The highest BCUT2D eigenvalue weighted by Crippen LogP contribution is 2.58. The first-order chi connectivity index (χ1) is 25.9. The van der Waals surface area contributed by atoms with Crippen molar-refractivity contribution < 1.29 is 90.6 Å². The van der Waals surface area contributed by atoms with Gasteiger partial charge in [0.1, 0.15) is 69.0 Å². The van der Waals surface area contributed by atoms with E-state index in [4.69, 9.17) is 92.5 Å². The van der Waals surface area contributed by atoms with Crippen molar-refractivity contribution in [1.82, 2.24) is 0 Å². The number of aliphatic hydroxyl groups excluding tert-OH is 1. The van der Waals surface area contributed by atoms with Crippen LogP contribution in [-0.2, 0) is 65.1 Å². The van der Waals surface area contributed by atoms with Gasteiger partial charge in [0.15, 0.2) is 0 Å². The molecule has 5 rings (SSSR count). The molecule has 6 unspecified atom stereocenters. The predicted molar refractivity (Wildman–Crippen MR) is 199 cm³/mol. The molecule has 57 heavy (non-hydrogen) atoms. The van der Waals surface area contributed by atoms with Gasteiger partial charge in [-0.05, 0) is 81.1 Å². The molecular formula is C32H57B4O19P2-3. The topological polar surface area (TPSA) is 261 Å². The van der Waals surface area contributed by atoms with Gasteiger partial charge in [-0.3, -0.25) is 13.7 Å². The van der Waals surface area contributed by atoms with E-state index in [9.17, 15) is 24.0 Å². The van der Waals surface area contributed by atoms with Crippen LogP contribution in [0.25, 0.3) is 0 Å². The van der Waals surface area contributed by atoms with Crippen molar-refractivity contribution in [3.63, 3.8) is 0 Å². The van der Waals surface area contributed by atoms with Gasteiger partial charge in [0.25, 0.3) is 15.6 Å². The largest absolute Gasteiger partial charge is 0.870 e. The van der Waals surface area contributed by atoms with E-state index in [-0.39, 0.29) is 87.4 Å². The molecule has 0 aromatic rings. The molecule has 324 valence electrons. The lowest BCUT2D eigenvalue weighted by Gasteiger charge is -2.34. The molecule has 5 heterocycles. The van der Waals surface area contributed by atoms with E-state index in [1.165, 1.54) is 0 Å². The van der Waals surface area contributed by atoms with E-state index in [0.717, 1.165) is 0 Å². The van der Waals surface area contributed by atoms with E-state index < -0.39 is 69.6 Å². The summed E-state index contributed by atoms with van der Waals surface area (Å²) in [5, 5.41) is 19.5. The smallest absolute Gasteiger partial charge is 0.271 e. The normalized spacial score (nSPS) is 39.8. The summed E-state index contributed by atoms with van der Waals surface area (Å²) in [6.45, 7) is 14.1. The Morgan fingerprint density at radius 3 is 1.82 bits per heavy atom. The highest BCUT2D eigenvalue weighted by atomic mass is 31.2. The van der Waals surface area contributed by atoms with Gasteiger partial charge in [0.05, 0.1) is 49.8 Å². The van der Waals surface area contributed by atoms with Gasteiger partial charge in [-0.25, -0.2) is 0 Å². The molecule has 0 bridgehead atoms. The number of hydrogen-bond acceptors (Lipinski definition) is 19. The molecule has 5 aliphatic heterocycles. The third-order valence-corrected chi connectivity index (χ3v) is 10.6. The molecule has 8 radical (unpaired) electrons. The van der Waals surface area contributed by atoms with Crippen LogP contribution in [0.5, 0.6) is 0 Å². The molecular weight excluding hydrogens is 794 g/mol. The Bertz CT molecular complexity index is 1290. The average molecular weight is 851 g/mol. The van der Waals surface area contributed by atoms with Crippen molar-refractivity contribution in [2.45, 2.75) is 178 Å². The van der Waals surface area contributed by atoms with Gasteiger partial charge >= 0.3 is 0 Å². The van der Waals surface area contributed by atoms with Gasteiger partial charge in [-0.1, -0.05) is 0 Å². The molecule has 0 saturated carbocycles. The van der Waals surface area contributed by atoms with Crippen molar-refractivity contribution in [3.05, 3.63) is 0 Å². The number of aliphatic hydroxyl groups is 2. The standard InChI is InChI=1S/C16H29B2O9P.C8H14BO6P.C8H15BO3.H2O/c1-9(2)22-8-16(19)13(6-15(18)26-16)27-28(20,21)23-7-12-11(24-10(3)4)5-14(17)25-12;1-5(2)12-4-8-6(3-7(9)13-8)14-16(10,11)15-8;1-5(2)11-6-3-8(9)12-7(6)4-10;/h9-15,19H,5-8H2,1-4H3,(H,20,21);5-7H,3-4H2,1-2H3,(H,10,11);5-8,10H,3-4H2,1-2H3;1H2/p-3/t11?,12-,13?,14-,15-,16-;6?,7-,8+;6?,7-,8-;/m111./s1. The summed E-state index contributed by atoms with van der Waals surface area (Å²) in [5.74, 6) is -3.40. The quantitative estimate of drug-likeness (QED) is 0.150. The monoisotopic (exact) mass is 851 g/mol. The highest BCUT2D eigenvalue weighted by molar-refractivity contribution is 7.46. The van der Waals surface area contributed by atoms with Gasteiger partial charge < -0.3 is 76.9 Å². The maximum Gasteiger partial charge on any atom is 0.271 e. The highest BCUT2D eigenvalue weighted by Gasteiger charge is 2.58. The van der Waals surface area contributed by atoms with Crippen LogP contribution in [-0.4, -0.2) is 170 Å². The minimum atomic E-state index is -4.81. The Morgan fingerprint density at radius 1 is 0.789 bits per heavy atom. The minimum Gasteiger partial charge on any atom is -0.870 e. The fourth-order valence-electron chi connectivity index (χ4n) is 6.24. The third-order valence-electron chi connectivity index (χ3n) is 8.54. The zero-order chi connectivity index (χ0) is 42.2. The molecule has 0 aromatic carbocycles. The van der Waals surface area contributed by atoms with Crippen molar-refractivity contribution in [1.29, 1.82) is 0 Å². The summed E-state index contributed by atoms with van der Waals surface area (Å²) in [5.41, 5.74) is 0. The van der Waals surface area contributed by atoms with Gasteiger partial charge in [-0.15, -0.1) is 0 Å². The molecule has 0 spiro atoms. The van der Waals surface area contributed by atoms with Gasteiger partial charge in [0.2, 0.25) is 11.6 Å². The van der Waals surface area contributed by atoms with E-state index in [1.807, 2.05) is 41.5 Å². The van der Waals surface area contributed by atoms with Crippen LogP contribution in [0.1, 0.15) is 81.1 Å². The first kappa shape index (κ1) is 53.2. The Morgan fingerprint density at radius 2 is 1.30 bits per heavy atom. The summed E-state index contributed by atoms with van der Waals surface area (Å²) >= 11 is 0. The number of phosphoric ester groups is 2. The number of ether oxygens (including phenoxy) is 8. The second kappa shape index (κ2) is 22.9. The maximum absolute atomic E-state index is 12.3. The lowest BCUT2D eigenvalue weighted by Crippen LogP contribution is -2.46. The number of rotatable bonds is 16. The van der Waals surface area contributed by atoms with Crippen molar-refractivity contribution in [2.24, 2.45) is 0 Å². The SMILES string of the molecule is [B][C@H]1CC(OC(C)C)[C@@H](CO)O1.[B][C@H]1CC(OC(C)C)[C@@H](COP(=O)([O-])OC2C[C@H]([B])O[C@]2(O)COC(C)C)O1.[B][C@H]1CC2OP(=O)([O-])O[C@]2(COC(C)C)O1.[OH-]. The molecule has 5 saturated heterocycles. The third kappa shape index (κ3) is 17.0. The lowest BCUT2D eigenvalue weighted by molar-refractivity contribution is -0.271. The Hall–Kier alpha value is 0.0397. The Balaban J connectivity index is 0.000000325. The summed E-state index contributed by atoms with van der Waals surface area (Å²) in [4.78, 5) is 23.5. The maximum atomic E-state index is 12.3. The minimum absolute atomic E-state index is 0. The molecule has 5 aliphatic rings. The fourth-order valence-corrected chi connectivity index (χ4v) is 8.38. The van der Waals surface area contributed by atoms with Crippen LogP contribution in [0.3, 0.4) is 0 Å². The predicted octanol–water partition coefficient (Wildman–Crippen LogP) is -0.252. The first-order valence-electron chi connectivity index (χ1n) is 18.8. The molecule has 14 atom stereocenters. The van der Waals surface area contributed by atoms with Gasteiger partial charge in [0, 0.05) is 24.0 Å². The van der Waals surface area contributed by atoms with E-state index in [0.29, 0.717) is 12.8 Å². The molecule has 25 heteroatoms. The lowest BCUT2D eigenvalue weighted by atomic mass is 9.96. The van der Waals surface area contributed by atoms with Crippen LogP contribution in [0.15, 0.2) is 0 Å². The van der Waals surface area contributed by atoms with Crippen molar-refractivity contribution >= 4 is 47.0 Å². The number of hydrogen-bond donors (Lipinski definition) is 2. The molecule has 0 aliphatic carbocycles. The molecule has 5 fully saturated rings. The molecule has 3 N–H and O–H groups in total. The van der Waals surface area contributed by atoms with Gasteiger partial charge in [-0.2, -0.15) is 0 Å². The van der Waals surface area contributed by atoms with Crippen LogP contribution < -0.4 is 9.79 Å². The molecule has 19 nitrogen and oxygen atoms in total.